The molecule has 4 rings (SSSR count). The zero-order valence-corrected chi connectivity index (χ0v) is 16.3. The number of hydrogen-bond acceptors (Lipinski definition) is 5. The second-order valence-corrected chi connectivity index (χ2v) is 8.47. The summed E-state index contributed by atoms with van der Waals surface area (Å²) in [6, 6.07) is 7.11. The number of anilines is 1. The number of aromatic nitrogens is 1. The fraction of sp³-hybridized carbons (Fsp3) is 0.500. The summed E-state index contributed by atoms with van der Waals surface area (Å²) >= 11 is 5.39. The third-order valence-electron chi connectivity index (χ3n) is 4.68. The molecule has 0 aliphatic carbocycles. The van der Waals surface area contributed by atoms with Crippen molar-refractivity contribution in [1.29, 1.82) is 0 Å². The first kappa shape index (κ1) is 17.4. The molecule has 7 heteroatoms. The zero-order chi connectivity index (χ0) is 17.2. The van der Waals surface area contributed by atoms with Crippen LogP contribution in [0.1, 0.15) is 25.0 Å². The fourth-order valence-electron chi connectivity index (χ4n) is 3.36. The van der Waals surface area contributed by atoms with E-state index in [1.807, 2.05) is 0 Å². The predicted octanol–water partition coefficient (Wildman–Crippen LogP) is 3.77. The maximum absolute atomic E-state index is 9.11. The smallest absolute Gasteiger partial charge is 0.114 e. The van der Waals surface area contributed by atoms with Crippen molar-refractivity contribution in [2.75, 3.05) is 30.9 Å². The Morgan fingerprint density at radius 3 is 2.96 bits per heavy atom. The molecule has 5 nitrogen and oxygen atoms in total. The van der Waals surface area contributed by atoms with Gasteiger partial charge in [0.2, 0.25) is 0 Å². The van der Waals surface area contributed by atoms with Crippen molar-refractivity contribution in [2.24, 2.45) is 4.99 Å². The minimum atomic E-state index is 0.195. The lowest BCUT2D eigenvalue weighted by Gasteiger charge is -2.24. The molecular weight excluding hydrogens is 402 g/mol. The predicted molar refractivity (Wildman–Crippen MR) is 108 cm³/mol. The van der Waals surface area contributed by atoms with Crippen LogP contribution in [0.4, 0.5) is 5.69 Å². The fourth-order valence-corrected chi connectivity index (χ4v) is 4.91. The summed E-state index contributed by atoms with van der Waals surface area (Å²) in [5.41, 5.74) is 3.31. The summed E-state index contributed by atoms with van der Waals surface area (Å²) in [4.78, 5) is 8.31. The summed E-state index contributed by atoms with van der Waals surface area (Å²) in [6.07, 6.45) is 2.80. The van der Waals surface area contributed by atoms with E-state index in [0.717, 1.165) is 64.6 Å². The number of aliphatic imine (C=N–C) groups is 1. The number of aromatic amines is 1. The lowest BCUT2D eigenvalue weighted by atomic mass is 10.1. The van der Waals surface area contributed by atoms with Crippen LogP contribution < -0.4 is 5.32 Å². The van der Waals surface area contributed by atoms with E-state index in [1.54, 1.807) is 11.8 Å². The highest BCUT2D eigenvalue weighted by Crippen LogP contribution is 2.33. The van der Waals surface area contributed by atoms with Crippen molar-refractivity contribution in [3.63, 3.8) is 0 Å². The Balaban J connectivity index is 1.63. The van der Waals surface area contributed by atoms with Crippen LogP contribution in [0.2, 0.25) is 0 Å². The first-order chi connectivity index (χ1) is 12.2. The molecule has 1 fully saturated rings. The number of ether oxygens (including phenoxy) is 1. The Morgan fingerprint density at radius 1 is 1.32 bits per heavy atom. The molecule has 0 bridgehead atoms. The average Bonchev–Trinajstić information content (AvgIpc) is 3.23. The Kier molecular flexibility index (Phi) is 5.36. The van der Waals surface area contributed by atoms with Crippen LogP contribution >= 0.6 is 27.7 Å². The molecule has 3 N–H and O–H groups in total. The lowest BCUT2D eigenvalue weighted by Crippen LogP contribution is -2.27. The van der Waals surface area contributed by atoms with E-state index in [2.05, 4.69) is 44.4 Å². The highest BCUT2D eigenvalue weighted by Gasteiger charge is 2.21. The van der Waals surface area contributed by atoms with Gasteiger partial charge in [0.15, 0.2) is 0 Å². The number of aliphatic hydroxyl groups is 1. The van der Waals surface area contributed by atoms with Crippen LogP contribution in [-0.2, 0) is 4.74 Å². The third kappa shape index (κ3) is 3.89. The van der Waals surface area contributed by atoms with Crippen LogP contribution in [0.3, 0.4) is 0 Å². The van der Waals surface area contributed by atoms with Gasteiger partial charge in [0, 0.05) is 41.5 Å². The number of nitrogens with zero attached hydrogens (tertiary/aromatic N) is 1. The van der Waals surface area contributed by atoms with Gasteiger partial charge in [-0.1, -0.05) is 15.9 Å². The number of aliphatic hydroxyl groups excluding tert-OH is 1. The van der Waals surface area contributed by atoms with Crippen molar-refractivity contribution in [3.05, 3.63) is 28.4 Å². The number of halogens is 1. The Morgan fingerprint density at radius 2 is 2.16 bits per heavy atom. The molecule has 0 amide bonds. The van der Waals surface area contributed by atoms with E-state index in [9.17, 15) is 0 Å². The minimum absolute atomic E-state index is 0.195. The number of fused-ring (bicyclic) bond motifs is 1. The first-order valence-corrected chi connectivity index (χ1v) is 10.5. The van der Waals surface area contributed by atoms with Crippen LogP contribution in [0.15, 0.2) is 27.7 Å². The van der Waals surface area contributed by atoms with Gasteiger partial charge >= 0.3 is 0 Å². The molecule has 0 radical (unpaired) electrons. The van der Waals surface area contributed by atoms with Crippen molar-refractivity contribution in [3.8, 4) is 0 Å². The Bertz CT molecular complexity index is 786. The summed E-state index contributed by atoms with van der Waals surface area (Å²) in [5, 5.41) is 15.0. The summed E-state index contributed by atoms with van der Waals surface area (Å²) in [7, 11) is 0. The third-order valence-corrected chi connectivity index (χ3v) is 6.29. The van der Waals surface area contributed by atoms with Crippen LogP contribution in [0.5, 0.6) is 0 Å². The van der Waals surface area contributed by atoms with Crippen molar-refractivity contribution < 1.29 is 9.84 Å². The van der Waals surface area contributed by atoms with Gasteiger partial charge in [-0.05, 0) is 37.5 Å². The largest absolute Gasteiger partial charge is 0.396 e. The SMILES string of the molecule is OCC[C@@H]1CSC(c2cc3cc(Br)cc(NC4CCOCC4)c3[nH]2)=N1. The molecule has 134 valence electrons. The van der Waals surface area contributed by atoms with E-state index in [-0.39, 0.29) is 12.6 Å². The number of benzene rings is 1. The van der Waals surface area contributed by atoms with Crippen molar-refractivity contribution in [1.82, 2.24) is 4.98 Å². The van der Waals surface area contributed by atoms with E-state index < -0.39 is 0 Å². The van der Waals surface area contributed by atoms with E-state index in [0.29, 0.717) is 6.04 Å². The van der Waals surface area contributed by atoms with Crippen LogP contribution in [-0.4, -0.2) is 52.8 Å². The summed E-state index contributed by atoms with van der Waals surface area (Å²) < 4.78 is 6.53. The minimum Gasteiger partial charge on any atom is -0.396 e. The van der Waals surface area contributed by atoms with Gasteiger partial charge in [0.25, 0.3) is 0 Å². The van der Waals surface area contributed by atoms with Gasteiger partial charge in [-0.25, -0.2) is 0 Å². The average molecular weight is 424 g/mol. The zero-order valence-electron chi connectivity index (χ0n) is 13.9. The van der Waals surface area contributed by atoms with Gasteiger partial charge < -0.3 is 20.1 Å². The van der Waals surface area contributed by atoms with Gasteiger partial charge in [-0.15, -0.1) is 11.8 Å². The number of rotatable bonds is 5. The van der Waals surface area contributed by atoms with Gasteiger partial charge in [-0.3, -0.25) is 4.99 Å². The summed E-state index contributed by atoms with van der Waals surface area (Å²) in [5.74, 6) is 0.947. The molecule has 0 saturated carbocycles. The van der Waals surface area contributed by atoms with Crippen LogP contribution in [0, 0.1) is 0 Å². The molecule has 1 aromatic carbocycles. The van der Waals surface area contributed by atoms with Gasteiger partial charge in [0.05, 0.1) is 22.9 Å². The Hall–Kier alpha value is -1.02. The normalized spacial score (nSPS) is 21.7. The van der Waals surface area contributed by atoms with Crippen molar-refractivity contribution in [2.45, 2.75) is 31.3 Å². The monoisotopic (exact) mass is 423 g/mol. The van der Waals surface area contributed by atoms with Crippen molar-refractivity contribution >= 4 is 49.3 Å². The molecule has 1 saturated heterocycles. The quantitative estimate of drug-likeness (QED) is 0.684. The first-order valence-electron chi connectivity index (χ1n) is 8.71. The van der Waals surface area contributed by atoms with Crippen LogP contribution in [0.25, 0.3) is 10.9 Å². The molecule has 3 heterocycles. The highest BCUT2D eigenvalue weighted by molar-refractivity contribution is 9.10. The topological polar surface area (TPSA) is 69.6 Å². The molecule has 2 aliphatic heterocycles. The maximum Gasteiger partial charge on any atom is 0.114 e. The second-order valence-electron chi connectivity index (χ2n) is 6.54. The number of thioether (sulfide) groups is 1. The lowest BCUT2D eigenvalue weighted by molar-refractivity contribution is 0.0905. The number of H-pyrrole nitrogens is 1. The maximum atomic E-state index is 9.11. The summed E-state index contributed by atoms with van der Waals surface area (Å²) in [6.45, 7) is 1.84. The van der Waals surface area contributed by atoms with E-state index in [4.69, 9.17) is 14.8 Å². The van der Waals surface area contributed by atoms with Gasteiger partial charge in [-0.2, -0.15) is 0 Å². The van der Waals surface area contributed by atoms with E-state index in [1.165, 1.54) is 5.39 Å². The molecule has 25 heavy (non-hydrogen) atoms. The molecule has 0 spiro atoms. The molecule has 1 atom stereocenters. The standard InChI is InChI=1S/C18H22BrN3O2S/c19-12-7-11-8-16(18-21-14(1-4-23)10-25-18)22-17(11)15(9-12)20-13-2-5-24-6-3-13/h7-9,13-14,20,22-23H,1-6,10H2/t14-/m1/s1. The number of hydrogen-bond donors (Lipinski definition) is 3. The van der Waals surface area contributed by atoms with Gasteiger partial charge in [0.1, 0.15) is 5.04 Å². The highest BCUT2D eigenvalue weighted by atomic mass is 79.9. The Labute approximate surface area is 159 Å². The molecular formula is C18H22BrN3O2S. The molecule has 2 aliphatic rings. The molecule has 1 aromatic heterocycles. The molecule has 2 aromatic rings. The number of nitrogens with one attached hydrogen (secondary N) is 2. The van der Waals surface area contributed by atoms with E-state index >= 15 is 0 Å². The molecule has 0 unspecified atom stereocenters. The second kappa shape index (κ2) is 7.70.